The summed E-state index contributed by atoms with van der Waals surface area (Å²) in [6.45, 7) is 7.92. The standard InChI is InChI=1S/C32H43NO4/c1-4-5-14-31(26-18-16-25(17-19-26)22-24(2)3)37-21-9-8-13-30(34)28-23-33(20-10-15-32(35)36)29-12-7-6-11-27(28)29/h6-7,11-12,16-19,23-24,31H,4-5,8-10,13-15,20-22H2,1-3H3,(H,35,36). The van der Waals surface area contributed by atoms with E-state index in [4.69, 9.17) is 9.84 Å². The monoisotopic (exact) mass is 505 g/mol. The third-order valence-corrected chi connectivity index (χ3v) is 6.81. The van der Waals surface area contributed by atoms with Crippen LogP contribution in [-0.2, 0) is 22.5 Å². The van der Waals surface area contributed by atoms with Crippen molar-refractivity contribution >= 4 is 22.7 Å². The Kier molecular flexibility index (Phi) is 11.4. The minimum atomic E-state index is -0.796. The largest absolute Gasteiger partial charge is 0.481 e. The van der Waals surface area contributed by atoms with Crippen molar-refractivity contribution in [1.82, 2.24) is 4.57 Å². The Balaban J connectivity index is 1.52. The molecule has 0 saturated carbocycles. The molecule has 37 heavy (non-hydrogen) atoms. The average Bonchev–Trinajstić information content (AvgIpc) is 3.24. The Bertz CT molecular complexity index is 1130. The number of para-hydroxylation sites is 1. The van der Waals surface area contributed by atoms with Crippen LogP contribution in [-0.4, -0.2) is 28.0 Å². The van der Waals surface area contributed by atoms with Crippen molar-refractivity contribution in [1.29, 1.82) is 0 Å². The van der Waals surface area contributed by atoms with Crippen molar-refractivity contribution in [2.45, 2.75) is 91.2 Å². The molecule has 3 aromatic rings. The lowest BCUT2D eigenvalue weighted by Crippen LogP contribution is -2.07. The van der Waals surface area contributed by atoms with E-state index in [-0.39, 0.29) is 18.3 Å². The normalized spacial score (nSPS) is 12.3. The zero-order valence-corrected chi connectivity index (χ0v) is 22.7. The van der Waals surface area contributed by atoms with Crippen LogP contribution in [0.3, 0.4) is 0 Å². The number of carbonyl (C=O) groups is 2. The summed E-state index contributed by atoms with van der Waals surface area (Å²) < 4.78 is 8.33. The molecule has 3 rings (SSSR count). The van der Waals surface area contributed by atoms with Gasteiger partial charge in [-0.05, 0) is 55.2 Å². The number of rotatable bonds is 17. The van der Waals surface area contributed by atoms with E-state index >= 15 is 0 Å². The van der Waals surface area contributed by atoms with E-state index in [1.807, 2.05) is 35.0 Å². The zero-order valence-electron chi connectivity index (χ0n) is 22.7. The van der Waals surface area contributed by atoms with Crippen molar-refractivity contribution in [2.24, 2.45) is 5.92 Å². The summed E-state index contributed by atoms with van der Waals surface area (Å²) in [5, 5.41) is 9.89. The number of aryl methyl sites for hydroxylation is 1. The van der Waals surface area contributed by atoms with E-state index < -0.39 is 5.97 Å². The number of aromatic nitrogens is 1. The number of aliphatic carboxylic acids is 1. The van der Waals surface area contributed by atoms with Gasteiger partial charge in [-0.15, -0.1) is 0 Å². The second kappa shape index (κ2) is 14.7. The number of hydrogen-bond acceptors (Lipinski definition) is 3. The molecule has 0 bridgehead atoms. The maximum atomic E-state index is 13.1. The maximum Gasteiger partial charge on any atom is 0.303 e. The number of Topliss-reactive ketones (excluding diaryl/α,β-unsaturated/α-hetero) is 1. The molecule has 0 amide bonds. The molecule has 0 aliphatic rings. The predicted octanol–water partition coefficient (Wildman–Crippen LogP) is 8.01. The van der Waals surface area contributed by atoms with Gasteiger partial charge in [0.25, 0.3) is 0 Å². The average molecular weight is 506 g/mol. The molecule has 0 saturated heterocycles. The van der Waals surface area contributed by atoms with Crippen LogP contribution in [0.5, 0.6) is 0 Å². The lowest BCUT2D eigenvalue weighted by atomic mass is 9.98. The van der Waals surface area contributed by atoms with Crippen LogP contribution in [0.25, 0.3) is 10.9 Å². The first kappa shape index (κ1) is 28.6. The SMILES string of the molecule is CCCCC(OCCCCC(=O)c1cn(CCCC(=O)O)c2ccccc12)c1ccc(CC(C)C)cc1. The maximum absolute atomic E-state index is 13.1. The van der Waals surface area contributed by atoms with Gasteiger partial charge in [0.2, 0.25) is 0 Å². The molecule has 1 atom stereocenters. The fraction of sp³-hybridized carbons (Fsp3) is 0.500. The number of fused-ring (bicyclic) bond motifs is 1. The van der Waals surface area contributed by atoms with Crippen molar-refractivity contribution in [3.63, 3.8) is 0 Å². The fourth-order valence-corrected chi connectivity index (χ4v) is 4.88. The number of carbonyl (C=O) groups excluding carboxylic acids is 1. The predicted molar refractivity (Wildman–Crippen MR) is 150 cm³/mol. The number of unbranched alkanes of at least 4 members (excludes halogenated alkanes) is 2. The van der Waals surface area contributed by atoms with Crippen LogP contribution in [0.2, 0.25) is 0 Å². The quantitative estimate of drug-likeness (QED) is 0.149. The highest BCUT2D eigenvalue weighted by atomic mass is 16.5. The molecule has 0 aliphatic heterocycles. The van der Waals surface area contributed by atoms with Crippen molar-refractivity contribution < 1.29 is 19.4 Å². The molecule has 1 heterocycles. The highest BCUT2D eigenvalue weighted by molar-refractivity contribution is 6.08. The second-order valence-electron chi connectivity index (χ2n) is 10.5. The van der Waals surface area contributed by atoms with E-state index in [0.717, 1.165) is 55.0 Å². The first-order valence-corrected chi connectivity index (χ1v) is 13.9. The Hall–Kier alpha value is -2.92. The van der Waals surface area contributed by atoms with E-state index in [0.29, 0.717) is 31.9 Å². The molecule has 1 N–H and O–H groups in total. The van der Waals surface area contributed by atoms with Crippen molar-refractivity contribution in [3.05, 3.63) is 71.4 Å². The van der Waals surface area contributed by atoms with Gasteiger partial charge in [-0.2, -0.15) is 0 Å². The summed E-state index contributed by atoms with van der Waals surface area (Å²) in [6.07, 6.45) is 9.16. The molecule has 5 nitrogen and oxygen atoms in total. The number of nitrogens with zero attached hydrogens (tertiary/aromatic N) is 1. The highest BCUT2D eigenvalue weighted by Crippen LogP contribution is 2.26. The summed E-state index contributed by atoms with van der Waals surface area (Å²) in [5.74, 6) is -0.0132. The summed E-state index contributed by atoms with van der Waals surface area (Å²) in [5.41, 5.74) is 4.33. The van der Waals surface area contributed by atoms with Gasteiger partial charge >= 0.3 is 5.97 Å². The minimum Gasteiger partial charge on any atom is -0.481 e. The summed E-state index contributed by atoms with van der Waals surface area (Å²) in [6, 6.07) is 16.8. The van der Waals surface area contributed by atoms with Gasteiger partial charge in [0.1, 0.15) is 0 Å². The number of hydrogen-bond donors (Lipinski definition) is 1. The molecular weight excluding hydrogens is 462 g/mol. The highest BCUT2D eigenvalue weighted by Gasteiger charge is 2.16. The third kappa shape index (κ3) is 8.85. The lowest BCUT2D eigenvalue weighted by Gasteiger charge is -2.19. The van der Waals surface area contributed by atoms with Crippen LogP contribution >= 0.6 is 0 Å². The van der Waals surface area contributed by atoms with Gasteiger partial charge in [-0.3, -0.25) is 9.59 Å². The Morgan fingerprint density at radius 2 is 1.70 bits per heavy atom. The first-order valence-electron chi connectivity index (χ1n) is 13.9. The fourth-order valence-electron chi connectivity index (χ4n) is 4.88. The van der Waals surface area contributed by atoms with Gasteiger partial charge in [0.15, 0.2) is 5.78 Å². The third-order valence-electron chi connectivity index (χ3n) is 6.81. The topological polar surface area (TPSA) is 68.5 Å². The van der Waals surface area contributed by atoms with Gasteiger partial charge < -0.3 is 14.4 Å². The number of ketones is 1. The van der Waals surface area contributed by atoms with Gasteiger partial charge in [-0.1, -0.05) is 76.1 Å². The van der Waals surface area contributed by atoms with E-state index in [1.54, 1.807) is 0 Å². The smallest absolute Gasteiger partial charge is 0.303 e. The molecule has 1 unspecified atom stereocenters. The molecule has 200 valence electrons. The molecule has 0 aliphatic carbocycles. The molecule has 0 spiro atoms. The lowest BCUT2D eigenvalue weighted by molar-refractivity contribution is -0.137. The van der Waals surface area contributed by atoms with Gasteiger partial charge in [-0.25, -0.2) is 0 Å². The number of carboxylic acid groups (broad SMARTS) is 1. The first-order chi connectivity index (χ1) is 17.9. The van der Waals surface area contributed by atoms with Crippen LogP contribution in [0.15, 0.2) is 54.7 Å². The molecule has 0 radical (unpaired) electrons. The van der Waals surface area contributed by atoms with Gasteiger partial charge in [0, 0.05) is 48.7 Å². The number of ether oxygens (including phenoxy) is 1. The Morgan fingerprint density at radius 1 is 0.946 bits per heavy atom. The summed E-state index contributed by atoms with van der Waals surface area (Å²) >= 11 is 0. The molecule has 1 aromatic heterocycles. The zero-order chi connectivity index (χ0) is 26.6. The van der Waals surface area contributed by atoms with Gasteiger partial charge in [0.05, 0.1) is 6.10 Å². The minimum absolute atomic E-state index is 0.104. The van der Waals surface area contributed by atoms with Crippen LogP contribution in [0.1, 0.15) is 99.7 Å². The second-order valence-corrected chi connectivity index (χ2v) is 10.5. The van der Waals surface area contributed by atoms with Crippen LogP contribution < -0.4 is 0 Å². The number of benzene rings is 2. The van der Waals surface area contributed by atoms with Crippen molar-refractivity contribution in [3.8, 4) is 0 Å². The van der Waals surface area contributed by atoms with Crippen molar-refractivity contribution in [2.75, 3.05) is 6.61 Å². The van der Waals surface area contributed by atoms with E-state index in [2.05, 4.69) is 45.0 Å². The molecule has 2 aromatic carbocycles. The summed E-state index contributed by atoms with van der Waals surface area (Å²) in [4.78, 5) is 24.0. The Labute approximate surface area is 221 Å². The molecule has 5 heteroatoms. The number of carboxylic acids is 1. The molecule has 0 fully saturated rings. The Morgan fingerprint density at radius 3 is 2.41 bits per heavy atom. The molecular formula is C32H43NO4. The van der Waals surface area contributed by atoms with Crippen LogP contribution in [0, 0.1) is 5.92 Å². The van der Waals surface area contributed by atoms with E-state index in [9.17, 15) is 9.59 Å². The van der Waals surface area contributed by atoms with E-state index in [1.165, 1.54) is 11.1 Å². The van der Waals surface area contributed by atoms with Crippen LogP contribution in [0.4, 0.5) is 0 Å². The summed E-state index contributed by atoms with van der Waals surface area (Å²) in [7, 11) is 0.